The van der Waals surface area contributed by atoms with E-state index < -0.39 is 0 Å². The van der Waals surface area contributed by atoms with Gasteiger partial charge in [0.1, 0.15) is 0 Å². The number of amides is 1. The van der Waals surface area contributed by atoms with Gasteiger partial charge in [-0.2, -0.15) is 0 Å². The molecule has 1 aliphatic rings. The number of benzene rings is 1. The molecule has 90 valence electrons. The van der Waals surface area contributed by atoms with E-state index in [1.807, 2.05) is 0 Å². The van der Waals surface area contributed by atoms with Crippen molar-refractivity contribution in [1.82, 2.24) is 10.9 Å². The number of ether oxygens (including phenoxy) is 2. The fourth-order valence-corrected chi connectivity index (χ4v) is 1.45. The van der Waals surface area contributed by atoms with Crippen molar-refractivity contribution in [2.45, 2.75) is 6.92 Å². The summed E-state index contributed by atoms with van der Waals surface area (Å²) < 4.78 is 10.4. The average molecular weight is 253 g/mol. The zero-order valence-electron chi connectivity index (χ0n) is 9.07. The number of hydrogen-bond acceptors (Lipinski definition) is 4. The molecule has 0 bridgehead atoms. The average Bonchev–Trinajstić information content (AvgIpc) is 2.73. The molecule has 0 unspecified atom stereocenters. The Kier molecular flexibility index (Phi) is 3.29. The highest BCUT2D eigenvalue weighted by molar-refractivity contribution is 7.80. The summed E-state index contributed by atoms with van der Waals surface area (Å²) in [5, 5.41) is 3.19. The third kappa shape index (κ3) is 2.97. The maximum atomic E-state index is 10.7. The molecule has 0 aliphatic carbocycles. The lowest BCUT2D eigenvalue weighted by atomic mass is 10.3. The number of nitrogens with one attached hydrogen (secondary N) is 3. The van der Waals surface area contributed by atoms with Gasteiger partial charge in [0.05, 0.1) is 0 Å². The number of carbonyl (C=O) groups is 1. The van der Waals surface area contributed by atoms with Crippen molar-refractivity contribution in [2.24, 2.45) is 0 Å². The van der Waals surface area contributed by atoms with E-state index in [0.29, 0.717) is 16.6 Å². The summed E-state index contributed by atoms with van der Waals surface area (Å²) in [7, 11) is 0. The van der Waals surface area contributed by atoms with Gasteiger partial charge in [0, 0.05) is 18.7 Å². The van der Waals surface area contributed by atoms with Gasteiger partial charge >= 0.3 is 0 Å². The molecular formula is C10H11N3O3S. The molecule has 3 N–H and O–H groups in total. The van der Waals surface area contributed by atoms with Gasteiger partial charge in [-0.05, 0) is 24.4 Å². The maximum absolute atomic E-state index is 10.7. The summed E-state index contributed by atoms with van der Waals surface area (Å²) >= 11 is 4.97. The van der Waals surface area contributed by atoms with Crippen molar-refractivity contribution in [1.29, 1.82) is 0 Å². The van der Waals surface area contributed by atoms with Gasteiger partial charge in [-0.3, -0.25) is 15.6 Å². The van der Waals surface area contributed by atoms with Crippen LogP contribution in [0.5, 0.6) is 11.5 Å². The Bertz CT molecular complexity index is 464. The molecule has 1 aromatic carbocycles. The van der Waals surface area contributed by atoms with Crippen LogP contribution in [0.25, 0.3) is 0 Å². The van der Waals surface area contributed by atoms with Crippen molar-refractivity contribution >= 4 is 28.9 Å². The number of hydrogen-bond donors (Lipinski definition) is 3. The summed E-state index contributed by atoms with van der Waals surface area (Å²) in [6.45, 7) is 1.61. The smallest absolute Gasteiger partial charge is 0.235 e. The van der Waals surface area contributed by atoms with Gasteiger partial charge in [-0.25, -0.2) is 0 Å². The molecule has 1 amide bonds. The standard InChI is InChI=1S/C10H11N3O3S/c1-6(14)12-13-10(17)11-7-2-3-8-9(4-7)16-5-15-8/h2-4H,5H2,1H3,(H,12,14)(H2,11,13,17). The summed E-state index contributed by atoms with van der Waals surface area (Å²) in [6, 6.07) is 5.35. The van der Waals surface area contributed by atoms with E-state index in [1.54, 1.807) is 18.2 Å². The van der Waals surface area contributed by atoms with Gasteiger partial charge in [-0.15, -0.1) is 0 Å². The highest BCUT2D eigenvalue weighted by Crippen LogP contribution is 2.34. The summed E-state index contributed by atoms with van der Waals surface area (Å²) in [5.41, 5.74) is 5.66. The Labute approximate surface area is 103 Å². The van der Waals surface area contributed by atoms with Crippen molar-refractivity contribution in [3.8, 4) is 11.5 Å². The monoisotopic (exact) mass is 253 g/mol. The van der Waals surface area contributed by atoms with Crippen LogP contribution in [0.4, 0.5) is 5.69 Å². The molecule has 1 heterocycles. The van der Waals surface area contributed by atoms with Crippen LogP contribution in [0, 0.1) is 0 Å². The van der Waals surface area contributed by atoms with E-state index >= 15 is 0 Å². The largest absolute Gasteiger partial charge is 0.454 e. The van der Waals surface area contributed by atoms with Crippen molar-refractivity contribution < 1.29 is 14.3 Å². The number of hydrazine groups is 1. The van der Waals surface area contributed by atoms with Gasteiger partial charge in [0.15, 0.2) is 16.6 Å². The fourth-order valence-electron chi connectivity index (χ4n) is 1.28. The zero-order valence-corrected chi connectivity index (χ0v) is 9.89. The predicted molar refractivity (Wildman–Crippen MR) is 65.7 cm³/mol. The fraction of sp³-hybridized carbons (Fsp3) is 0.200. The molecule has 0 radical (unpaired) electrons. The van der Waals surface area contributed by atoms with E-state index in [2.05, 4.69) is 16.2 Å². The van der Waals surface area contributed by atoms with Gasteiger partial charge in [0.25, 0.3) is 0 Å². The summed E-state index contributed by atoms with van der Waals surface area (Å²) in [4.78, 5) is 10.7. The van der Waals surface area contributed by atoms with Gasteiger partial charge in [0.2, 0.25) is 12.7 Å². The Morgan fingerprint density at radius 3 is 2.82 bits per heavy atom. The van der Waals surface area contributed by atoms with Crippen molar-refractivity contribution in [3.63, 3.8) is 0 Å². The normalized spacial score (nSPS) is 11.8. The molecule has 1 aromatic rings. The Balaban J connectivity index is 1.95. The predicted octanol–water partition coefficient (Wildman–Crippen LogP) is 0.753. The minimum absolute atomic E-state index is 0.222. The first kappa shape index (κ1) is 11.5. The highest BCUT2D eigenvalue weighted by atomic mass is 32.1. The first-order valence-electron chi connectivity index (χ1n) is 4.88. The van der Waals surface area contributed by atoms with Gasteiger partial charge < -0.3 is 14.8 Å². The summed E-state index contributed by atoms with van der Waals surface area (Å²) in [6.07, 6.45) is 0. The van der Waals surface area contributed by atoms with Crippen LogP contribution >= 0.6 is 12.2 Å². The van der Waals surface area contributed by atoms with Gasteiger partial charge in [-0.1, -0.05) is 0 Å². The first-order valence-corrected chi connectivity index (χ1v) is 5.29. The number of fused-ring (bicyclic) bond motifs is 1. The lowest BCUT2D eigenvalue weighted by Gasteiger charge is -2.10. The molecule has 17 heavy (non-hydrogen) atoms. The van der Waals surface area contributed by atoms with E-state index in [1.165, 1.54) is 6.92 Å². The third-order valence-corrected chi connectivity index (χ3v) is 2.19. The Morgan fingerprint density at radius 1 is 1.29 bits per heavy atom. The molecule has 1 aliphatic heterocycles. The molecule has 2 rings (SSSR count). The maximum Gasteiger partial charge on any atom is 0.235 e. The molecule has 6 nitrogen and oxygen atoms in total. The molecule has 0 aromatic heterocycles. The number of rotatable bonds is 1. The molecule has 7 heteroatoms. The minimum Gasteiger partial charge on any atom is -0.454 e. The molecule has 0 fully saturated rings. The van der Waals surface area contributed by atoms with Crippen molar-refractivity contribution in [3.05, 3.63) is 18.2 Å². The zero-order chi connectivity index (χ0) is 12.3. The van der Waals surface area contributed by atoms with E-state index in [-0.39, 0.29) is 12.7 Å². The molecule has 0 atom stereocenters. The van der Waals surface area contributed by atoms with E-state index in [4.69, 9.17) is 21.7 Å². The SMILES string of the molecule is CC(=O)NNC(=S)Nc1ccc2c(c1)OCO2. The Hall–Kier alpha value is -2.02. The minimum atomic E-state index is -0.222. The van der Waals surface area contributed by atoms with E-state index in [0.717, 1.165) is 5.69 Å². The quantitative estimate of drug-likeness (QED) is 0.507. The number of carbonyl (C=O) groups excluding carboxylic acids is 1. The number of thiocarbonyl (C=S) groups is 1. The lowest BCUT2D eigenvalue weighted by molar-refractivity contribution is -0.119. The van der Waals surface area contributed by atoms with Crippen LogP contribution < -0.4 is 25.6 Å². The molecule has 0 saturated carbocycles. The number of anilines is 1. The van der Waals surface area contributed by atoms with Crippen LogP contribution in [0.15, 0.2) is 18.2 Å². The van der Waals surface area contributed by atoms with Crippen LogP contribution in [-0.2, 0) is 4.79 Å². The van der Waals surface area contributed by atoms with Crippen LogP contribution in [-0.4, -0.2) is 17.8 Å². The lowest BCUT2D eigenvalue weighted by Crippen LogP contribution is -2.42. The Morgan fingerprint density at radius 2 is 2.06 bits per heavy atom. The van der Waals surface area contributed by atoms with Crippen LogP contribution in [0.2, 0.25) is 0 Å². The second-order valence-corrected chi connectivity index (χ2v) is 3.74. The second kappa shape index (κ2) is 4.88. The first-order chi connectivity index (χ1) is 8.15. The summed E-state index contributed by atoms with van der Waals surface area (Å²) in [5.74, 6) is 1.15. The molecule has 0 saturated heterocycles. The topological polar surface area (TPSA) is 71.6 Å². The highest BCUT2D eigenvalue weighted by Gasteiger charge is 2.13. The molecular weight excluding hydrogens is 242 g/mol. The molecule has 0 spiro atoms. The second-order valence-electron chi connectivity index (χ2n) is 3.33. The van der Waals surface area contributed by atoms with E-state index in [9.17, 15) is 4.79 Å². The van der Waals surface area contributed by atoms with Crippen molar-refractivity contribution in [2.75, 3.05) is 12.1 Å². The van der Waals surface area contributed by atoms with Crippen LogP contribution in [0.3, 0.4) is 0 Å². The third-order valence-electron chi connectivity index (χ3n) is 1.98. The van der Waals surface area contributed by atoms with Crippen LogP contribution in [0.1, 0.15) is 6.92 Å².